The predicted molar refractivity (Wildman–Crippen MR) is 112 cm³/mol. The van der Waals surface area contributed by atoms with Crippen LogP contribution < -0.4 is 5.32 Å². The number of carboxylic acid groups (broad SMARTS) is 1. The van der Waals surface area contributed by atoms with Crippen molar-refractivity contribution in [2.24, 2.45) is 0 Å². The van der Waals surface area contributed by atoms with Crippen molar-refractivity contribution in [1.29, 1.82) is 0 Å². The van der Waals surface area contributed by atoms with Crippen LogP contribution in [0.2, 0.25) is 0 Å². The summed E-state index contributed by atoms with van der Waals surface area (Å²) in [5.41, 5.74) is 2.38. The average molecular weight is 459 g/mol. The van der Waals surface area contributed by atoms with Crippen molar-refractivity contribution in [1.82, 2.24) is 9.97 Å². The van der Waals surface area contributed by atoms with Gasteiger partial charge >= 0.3 is 12.1 Å². The first kappa shape index (κ1) is 20.8. The second kappa shape index (κ2) is 8.37. The Bertz CT molecular complexity index is 1200. The van der Waals surface area contributed by atoms with E-state index in [0.717, 1.165) is 17.3 Å². The van der Waals surface area contributed by atoms with Gasteiger partial charge in [0.25, 0.3) is 0 Å². The lowest BCUT2D eigenvalue weighted by Gasteiger charge is -2.04. The fourth-order valence-corrected chi connectivity index (χ4v) is 4.19. The lowest BCUT2D eigenvalue weighted by atomic mass is 10.1. The minimum Gasteiger partial charge on any atom is -0.481 e. The number of hydrogen-bond acceptors (Lipinski definition) is 6. The van der Waals surface area contributed by atoms with Crippen LogP contribution in [0.3, 0.4) is 0 Å². The van der Waals surface area contributed by atoms with Gasteiger partial charge in [-0.1, -0.05) is 24.3 Å². The molecule has 0 saturated heterocycles. The molecule has 0 unspecified atom stereocenters. The van der Waals surface area contributed by atoms with Gasteiger partial charge in [0.05, 0.1) is 23.4 Å². The van der Waals surface area contributed by atoms with E-state index in [0.29, 0.717) is 27.1 Å². The number of carboxylic acids is 1. The van der Waals surface area contributed by atoms with Gasteiger partial charge in [0.15, 0.2) is 5.13 Å². The zero-order valence-electron chi connectivity index (χ0n) is 15.5. The molecule has 0 aliphatic rings. The Labute approximate surface area is 182 Å². The highest BCUT2D eigenvalue weighted by Crippen LogP contribution is 2.32. The van der Waals surface area contributed by atoms with Gasteiger partial charge in [-0.25, -0.2) is 9.97 Å². The zero-order valence-corrected chi connectivity index (χ0v) is 17.2. The highest BCUT2D eigenvalue weighted by molar-refractivity contribution is 7.14. The van der Waals surface area contributed by atoms with E-state index in [1.807, 2.05) is 29.6 Å². The summed E-state index contributed by atoms with van der Waals surface area (Å²) in [7, 11) is 0. The van der Waals surface area contributed by atoms with E-state index >= 15 is 0 Å². The average Bonchev–Trinajstić information content (AvgIpc) is 3.38. The van der Waals surface area contributed by atoms with Crippen molar-refractivity contribution in [3.05, 3.63) is 70.5 Å². The van der Waals surface area contributed by atoms with Crippen LogP contribution in [0.5, 0.6) is 0 Å². The third-order valence-electron chi connectivity index (χ3n) is 4.10. The Morgan fingerprint density at radius 2 is 1.81 bits per heavy atom. The van der Waals surface area contributed by atoms with Gasteiger partial charge in [0.1, 0.15) is 10.6 Å². The van der Waals surface area contributed by atoms with E-state index in [1.54, 1.807) is 5.38 Å². The number of nitrogens with one attached hydrogen (secondary N) is 1. The summed E-state index contributed by atoms with van der Waals surface area (Å²) in [5, 5.41) is 16.6. The van der Waals surface area contributed by atoms with Crippen LogP contribution in [-0.4, -0.2) is 21.0 Å². The molecule has 2 aromatic carbocycles. The smallest absolute Gasteiger partial charge is 0.424 e. The van der Waals surface area contributed by atoms with Gasteiger partial charge in [-0.2, -0.15) is 13.2 Å². The van der Waals surface area contributed by atoms with Crippen LogP contribution in [0.1, 0.15) is 11.3 Å². The van der Waals surface area contributed by atoms with Crippen LogP contribution in [0.15, 0.2) is 47.2 Å². The van der Waals surface area contributed by atoms with Crippen molar-refractivity contribution < 1.29 is 23.1 Å². The SMILES string of the molecule is O=C(O)Cc1csc(Nc2ccc(-c3csc(-c4c#cc(C(F)(F)F)cc4)n3)cc2)n1. The molecule has 31 heavy (non-hydrogen) atoms. The Morgan fingerprint density at radius 1 is 1.03 bits per heavy atom. The minimum atomic E-state index is -4.45. The topological polar surface area (TPSA) is 75.1 Å². The number of aromatic nitrogens is 2. The van der Waals surface area contributed by atoms with Crippen molar-refractivity contribution in [3.8, 4) is 21.8 Å². The zero-order chi connectivity index (χ0) is 22.0. The molecule has 2 aromatic heterocycles. The lowest BCUT2D eigenvalue weighted by Crippen LogP contribution is -2.03. The summed E-state index contributed by atoms with van der Waals surface area (Å²) in [5.74, 6) is -0.935. The van der Waals surface area contributed by atoms with Crippen molar-refractivity contribution in [2.45, 2.75) is 12.6 Å². The Hall–Kier alpha value is -3.42. The maximum Gasteiger partial charge on any atom is 0.424 e. The molecule has 0 fully saturated rings. The Morgan fingerprint density at radius 3 is 2.45 bits per heavy atom. The number of aliphatic carboxylic acids is 1. The second-order valence-electron chi connectivity index (χ2n) is 6.36. The summed E-state index contributed by atoms with van der Waals surface area (Å²) < 4.78 is 38.0. The van der Waals surface area contributed by atoms with Crippen molar-refractivity contribution in [2.75, 3.05) is 5.32 Å². The molecule has 0 spiro atoms. The number of rotatable bonds is 6. The minimum absolute atomic E-state index is 0.128. The third-order valence-corrected chi connectivity index (χ3v) is 5.79. The van der Waals surface area contributed by atoms with Crippen LogP contribution >= 0.6 is 22.7 Å². The standard InChI is InChI=1S/C21H12F3N3O2S2/c22-21(23,24)14-5-1-13(2-6-14)19-27-17(11-30-19)12-3-7-15(8-4-12)25-20-26-16(10-31-20)9-18(28)29/h1,3-5,7-8,10-11H,9H2,(H,25,26)(H,28,29). The lowest BCUT2D eigenvalue weighted by molar-refractivity contribution is -0.138. The molecular formula is C21H12F3N3O2S2. The maximum atomic E-state index is 12.7. The molecule has 2 N–H and O–H groups in total. The summed E-state index contributed by atoms with van der Waals surface area (Å²) in [6, 6.07) is 14.4. The second-order valence-corrected chi connectivity index (χ2v) is 8.08. The molecule has 2 heterocycles. The van der Waals surface area contributed by atoms with E-state index < -0.39 is 17.7 Å². The highest BCUT2D eigenvalue weighted by atomic mass is 32.1. The predicted octanol–water partition coefficient (Wildman–Crippen LogP) is 5.92. The molecule has 0 saturated carbocycles. The molecule has 0 aliphatic carbocycles. The number of nitrogens with zero attached hydrogens (tertiary/aromatic N) is 2. The van der Waals surface area contributed by atoms with E-state index in [-0.39, 0.29) is 6.42 Å². The van der Waals surface area contributed by atoms with Gasteiger partial charge < -0.3 is 10.4 Å². The summed E-state index contributed by atoms with van der Waals surface area (Å²) in [6.45, 7) is 0. The molecule has 0 amide bonds. The van der Waals surface area contributed by atoms with E-state index in [1.165, 1.54) is 28.7 Å². The fourth-order valence-electron chi connectivity index (χ4n) is 2.65. The molecule has 0 radical (unpaired) electrons. The van der Waals surface area contributed by atoms with E-state index in [9.17, 15) is 18.0 Å². The monoisotopic (exact) mass is 459 g/mol. The molecule has 4 aromatic rings. The molecule has 0 aliphatic heterocycles. The molecular weight excluding hydrogens is 447 g/mol. The number of benzene rings is 1. The van der Waals surface area contributed by atoms with Crippen molar-refractivity contribution in [3.63, 3.8) is 0 Å². The van der Waals surface area contributed by atoms with Gasteiger partial charge in [-0.3, -0.25) is 4.79 Å². The number of halogens is 3. The summed E-state index contributed by atoms with van der Waals surface area (Å²) in [4.78, 5) is 19.5. The molecule has 4 rings (SSSR count). The first-order chi connectivity index (χ1) is 14.8. The van der Waals surface area contributed by atoms with Gasteiger partial charge in [-0.15, -0.1) is 22.7 Å². The quantitative estimate of drug-likeness (QED) is 0.374. The normalized spacial score (nSPS) is 11.2. The summed E-state index contributed by atoms with van der Waals surface area (Å²) in [6.07, 6.45) is -4.58. The van der Waals surface area contributed by atoms with Crippen LogP contribution in [0, 0.1) is 12.1 Å². The van der Waals surface area contributed by atoms with Gasteiger partial charge in [0, 0.05) is 22.0 Å². The highest BCUT2D eigenvalue weighted by Gasteiger charge is 2.30. The van der Waals surface area contributed by atoms with E-state index in [2.05, 4.69) is 27.4 Å². The Kier molecular flexibility index (Phi) is 5.63. The number of alkyl halides is 3. The van der Waals surface area contributed by atoms with Crippen LogP contribution in [0.4, 0.5) is 24.0 Å². The van der Waals surface area contributed by atoms with Gasteiger partial charge in [-0.05, 0) is 24.3 Å². The van der Waals surface area contributed by atoms with Crippen LogP contribution in [0.25, 0.3) is 21.8 Å². The molecule has 10 heteroatoms. The Balaban J connectivity index is 1.45. The molecule has 0 atom stereocenters. The number of anilines is 2. The van der Waals surface area contributed by atoms with Crippen LogP contribution in [-0.2, 0) is 17.4 Å². The fraction of sp³-hybridized carbons (Fsp3) is 0.0952. The maximum absolute atomic E-state index is 12.7. The van der Waals surface area contributed by atoms with Crippen molar-refractivity contribution >= 4 is 39.5 Å². The number of hydrogen-bond donors (Lipinski definition) is 2. The molecule has 0 bridgehead atoms. The van der Waals surface area contributed by atoms with E-state index in [4.69, 9.17) is 5.11 Å². The molecule has 5 nitrogen and oxygen atoms in total. The molecule has 156 valence electrons. The third kappa shape index (κ3) is 5.02. The first-order valence-electron chi connectivity index (χ1n) is 8.79. The largest absolute Gasteiger partial charge is 0.481 e. The number of thiazole rings is 2. The first-order valence-corrected chi connectivity index (χ1v) is 10.5. The van der Waals surface area contributed by atoms with Gasteiger partial charge in [0.2, 0.25) is 0 Å². The summed E-state index contributed by atoms with van der Waals surface area (Å²) >= 11 is 2.63. The number of carbonyl (C=O) groups is 1.